The molecule has 0 spiro atoms. The lowest BCUT2D eigenvalue weighted by atomic mass is 9.99. The molecule has 1 atom stereocenters. The summed E-state index contributed by atoms with van der Waals surface area (Å²) in [7, 11) is 0. The summed E-state index contributed by atoms with van der Waals surface area (Å²) in [6.07, 6.45) is 0. The van der Waals surface area contributed by atoms with Gasteiger partial charge in [0.2, 0.25) is 0 Å². The number of nitrogens with zero attached hydrogens (tertiary/aromatic N) is 2. The lowest BCUT2D eigenvalue weighted by Crippen LogP contribution is -2.56. The largest absolute Gasteiger partial charge is 0.399 e. The Morgan fingerprint density at radius 2 is 1.67 bits per heavy atom. The third-order valence-electron chi connectivity index (χ3n) is 3.60. The Kier molecular flexibility index (Phi) is 2.15. The van der Waals surface area contributed by atoms with E-state index in [0.717, 1.165) is 5.69 Å². The molecule has 3 heterocycles. The Bertz CT molecular complexity index is 338. The zero-order valence-electron chi connectivity index (χ0n) is 8.89. The van der Waals surface area contributed by atoms with Crippen molar-refractivity contribution >= 4 is 5.69 Å². The molecule has 0 aliphatic carbocycles. The first-order valence-corrected chi connectivity index (χ1v) is 5.65. The van der Waals surface area contributed by atoms with Crippen LogP contribution in [0.2, 0.25) is 0 Å². The fourth-order valence-corrected chi connectivity index (χ4v) is 2.65. The van der Waals surface area contributed by atoms with Crippen LogP contribution in [0, 0.1) is 0 Å². The third-order valence-corrected chi connectivity index (χ3v) is 3.60. The lowest BCUT2D eigenvalue weighted by molar-refractivity contribution is 0.0123. The minimum absolute atomic E-state index is 0.591. The number of anilines is 1. The zero-order valence-corrected chi connectivity index (χ0v) is 8.89. The molecule has 0 saturated carbocycles. The summed E-state index contributed by atoms with van der Waals surface area (Å²) in [6.45, 7) is 6.10. The molecule has 1 aromatic carbocycles. The Balaban J connectivity index is 1.85. The summed E-state index contributed by atoms with van der Waals surface area (Å²) in [5, 5.41) is 0. The van der Waals surface area contributed by atoms with Gasteiger partial charge in [-0.05, 0) is 17.7 Å². The van der Waals surface area contributed by atoms with Crippen molar-refractivity contribution in [3.05, 3.63) is 29.8 Å². The monoisotopic (exact) mass is 203 g/mol. The van der Waals surface area contributed by atoms with Gasteiger partial charge in [0, 0.05) is 44.5 Å². The van der Waals surface area contributed by atoms with Crippen molar-refractivity contribution < 1.29 is 0 Å². The minimum Gasteiger partial charge on any atom is -0.399 e. The molecular formula is C12H17N3. The molecule has 0 aromatic heterocycles. The molecule has 3 aliphatic rings. The maximum atomic E-state index is 5.71. The molecule has 3 nitrogen and oxygen atoms in total. The van der Waals surface area contributed by atoms with Crippen LogP contribution in [0.25, 0.3) is 0 Å². The first-order valence-electron chi connectivity index (χ1n) is 5.65. The van der Waals surface area contributed by atoms with Crippen molar-refractivity contribution in [3.63, 3.8) is 0 Å². The van der Waals surface area contributed by atoms with E-state index < -0.39 is 0 Å². The second-order valence-electron chi connectivity index (χ2n) is 4.52. The van der Waals surface area contributed by atoms with Crippen LogP contribution < -0.4 is 5.73 Å². The number of hydrogen-bond donors (Lipinski definition) is 1. The van der Waals surface area contributed by atoms with Crippen LogP contribution in [0.1, 0.15) is 11.6 Å². The summed E-state index contributed by atoms with van der Waals surface area (Å²) in [5.74, 6) is 0. The molecule has 2 N–H and O–H groups in total. The molecular weight excluding hydrogens is 186 g/mol. The molecule has 3 aliphatic heterocycles. The van der Waals surface area contributed by atoms with Crippen LogP contribution in [-0.2, 0) is 0 Å². The van der Waals surface area contributed by atoms with Gasteiger partial charge in [-0.3, -0.25) is 9.80 Å². The molecule has 1 aromatic rings. The van der Waals surface area contributed by atoms with Crippen molar-refractivity contribution in [1.82, 2.24) is 9.80 Å². The van der Waals surface area contributed by atoms with E-state index in [1.807, 2.05) is 12.1 Å². The van der Waals surface area contributed by atoms with E-state index in [1.54, 1.807) is 0 Å². The molecule has 2 bridgehead atoms. The average molecular weight is 203 g/mol. The van der Waals surface area contributed by atoms with E-state index in [1.165, 1.54) is 38.3 Å². The lowest BCUT2D eigenvalue weighted by Gasteiger charge is -2.47. The van der Waals surface area contributed by atoms with Crippen LogP contribution >= 0.6 is 0 Å². The highest BCUT2D eigenvalue weighted by atomic mass is 15.3. The van der Waals surface area contributed by atoms with Crippen LogP contribution in [-0.4, -0.2) is 42.5 Å². The van der Waals surface area contributed by atoms with Crippen LogP contribution in [0.5, 0.6) is 0 Å². The van der Waals surface area contributed by atoms with E-state index in [2.05, 4.69) is 21.9 Å². The second kappa shape index (κ2) is 3.51. The first-order chi connectivity index (χ1) is 7.33. The molecule has 3 fully saturated rings. The van der Waals surface area contributed by atoms with Crippen molar-refractivity contribution in [3.8, 4) is 0 Å². The summed E-state index contributed by atoms with van der Waals surface area (Å²) < 4.78 is 0. The quantitative estimate of drug-likeness (QED) is 0.689. The summed E-state index contributed by atoms with van der Waals surface area (Å²) in [4.78, 5) is 5.15. The molecule has 3 heteroatoms. The minimum atomic E-state index is 0.591. The van der Waals surface area contributed by atoms with Gasteiger partial charge >= 0.3 is 0 Å². The SMILES string of the molecule is Nc1ccc(C2CN3CCN2CC3)cc1. The van der Waals surface area contributed by atoms with E-state index >= 15 is 0 Å². The number of rotatable bonds is 1. The maximum absolute atomic E-state index is 5.71. The molecule has 80 valence electrons. The van der Waals surface area contributed by atoms with Gasteiger partial charge in [-0.1, -0.05) is 12.1 Å². The van der Waals surface area contributed by atoms with Gasteiger partial charge in [0.15, 0.2) is 0 Å². The number of piperazine rings is 3. The van der Waals surface area contributed by atoms with Crippen molar-refractivity contribution in [2.45, 2.75) is 6.04 Å². The number of nitrogen functional groups attached to an aromatic ring is 1. The van der Waals surface area contributed by atoms with Gasteiger partial charge in [-0.25, -0.2) is 0 Å². The zero-order chi connectivity index (χ0) is 10.3. The van der Waals surface area contributed by atoms with Crippen molar-refractivity contribution in [2.24, 2.45) is 0 Å². The Labute approximate surface area is 90.5 Å². The van der Waals surface area contributed by atoms with Gasteiger partial charge in [-0.15, -0.1) is 0 Å². The van der Waals surface area contributed by atoms with Crippen LogP contribution in [0.15, 0.2) is 24.3 Å². The molecule has 3 saturated heterocycles. The standard InChI is InChI=1S/C12H17N3/c13-11-3-1-10(2-4-11)12-9-14-5-7-15(12)8-6-14/h1-4,12H,5-9,13H2. The van der Waals surface area contributed by atoms with Gasteiger partial charge in [0.05, 0.1) is 0 Å². The predicted molar refractivity (Wildman–Crippen MR) is 61.6 cm³/mol. The normalized spacial score (nSPS) is 34.3. The van der Waals surface area contributed by atoms with E-state index in [-0.39, 0.29) is 0 Å². The van der Waals surface area contributed by atoms with Crippen LogP contribution in [0.3, 0.4) is 0 Å². The van der Waals surface area contributed by atoms with Crippen LogP contribution in [0.4, 0.5) is 5.69 Å². The highest BCUT2D eigenvalue weighted by Gasteiger charge is 2.32. The average Bonchev–Trinajstić information content (AvgIpc) is 2.31. The number of nitrogens with two attached hydrogens (primary N) is 1. The van der Waals surface area contributed by atoms with Gasteiger partial charge in [0.1, 0.15) is 0 Å². The van der Waals surface area contributed by atoms with Crippen molar-refractivity contribution in [2.75, 3.05) is 38.5 Å². The molecule has 4 rings (SSSR count). The number of fused-ring (bicyclic) bond motifs is 3. The number of hydrogen-bond acceptors (Lipinski definition) is 3. The summed E-state index contributed by atoms with van der Waals surface area (Å²) >= 11 is 0. The van der Waals surface area contributed by atoms with Gasteiger partial charge < -0.3 is 5.73 Å². The third kappa shape index (κ3) is 1.62. The fraction of sp³-hybridized carbons (Fsp3) is 0.500. The topological polar surface area (TPSA) is 32.5 Å². The smallest absolute Gasteiger partial charge is 0.0476 e. The predicted octanol–water partition coefficient (Wildman–Crippen LogP) is 0.941. The maximum Gasteiger partial charge on any atom is 0.0476 e. The highest BCUT2D eigenvalue weighted by molar-refractivity contribution is 5.40. The van der Waals surface area contributed by atoms with Gasteiger partial charge in [-0.2, -0.15) is 0 Å². The van der Waals surface area contributed by atoms with E-state index in [9.17, 15) is 0 Å². The van der Waals surface area contributed by atoms with Crippen molar-refractivity contribution in [1.29, 1.82) is 0 Å². The Morgan fingerprint density at radius 1 is 1.00 bits per heavy atom. The Morgan fingerprint density at radius 3 is 2.20 bits per heavy atom. The fourth-order valence-electron chi connectivity index (χ4n) is 2.65. The second-order valence-corrected chi connectivity index (χ2v) is 4.52. The molecule has 0 amide bonds. The highest BCUT2D eigenvalue weighted by Crippen LogP contribution is 2.28. The summed E-state index contributed by atoms with van der Waals surface area (Å²) in [6, 6.07) is 8.94. The molecule has 15 heavy (non-hydrogen) atoms. The number of benzene rings is 1. The molecule has 0 radical (unpaired) electrons. The van der Waals surface area contributed by atoms with E-state index in [4.69, 9.17) is 5.73 Å². The van der Waals surface area contributed by atoms with Gasteiger partial charge in [0.25, 0.3) is 0 Å². The molecule has 1 unspecified atom stereocenters. The first kappa shape index (κ1) is 9.19. The summed E-state index contributed by atoms with van der Waals surface area (Å²) in [5.41, 5.74) is 7.98. The Hall–Kier alpha value is -1.06. The van der Waals surface area contributed by atoms with E-state index in [0.29, 0.717) is 6.04 Å².